The summed E-state index contributed by atoms with van der Waals surface area (Å²) in [7, 11) is 1.20. The smallest absolute Gasteiger partial charge is 0.335 e. The van der Waals surface area contributed by atoms with Crippen LogP contribution in [0.5, 0.6) is 0 Å². The van der Waals surface area contributed by atoms with Crippen molar-refractivity contribution in [2.24, 2.45) is 0 Å². The third-order valence-corrected chi connectivity index (χ3v) is 2.08. The van der Waals surface area contributed by atoms with E-state index in [4.69, 9.17) is 5.11 Å². The molecule has 0 radical (unpaired) electrons. The van der Waals surface area contributed by atoms with Gasteiger partial charge in [0.05, 0.1) is 0 Å². The maximum absolute atomic E-state index is 10.5. The number of carboxylic acids is 1. The molecule has 1 aliphatic rings. The normalized spacial score (nSPS) is 43.6. The van der Waals surface area contributed by atoms with Crippen LogP contribution in [-0.2, 0) is 14.3 Å². The van der Waals surface area contributed by atoms with Gasteiger partial charge in [-0.1, -0.05) is 0 Å². The van der Waals surface area contributed by atoms with Crippen LogP contribution in [0.1, 0.15) is 0 Å². The number of aliphatic hydroxyl groups excluding tert-OH is 3. The van der Waals surface area contributed by atoms with Crippen LogP contribution in [0.4, 0.5) is 0 Å². The van der Waals surface area contributed by atoms with E-state index in [9.17, 15) is 20.1 Å². The van der Waals surface area contributed by atoms with E-state index in [1.807, 2.05) is 0 Å². The highest BCUT2D eigenvalue weighted by atomic mass is 16.7. The average Bonchev–Trinajstić information content (AvgIpc) is 2.12. The lowest BCUT2D eigenvalue weighted by molar-refractivity contribution is -0.284. The third-order valence-electron chi connectivity index (χ3n) is 2.08. The zero-order valence-electron chi connectivity index (χ0n) is 7.40. The molecule has 0 unspecified atom stereocenters. The number of carboxylic acid groups (broad SMARTS) is 1. The highest BCUT2D eigenvalue weighted by molar-refractivity contribution is 5.73. The first-order chi connectivity index (χ1) is 6.49. The summed E-state index contributed by atoms with van der Waals surface area (Å²) in [5.41, 5.74) is 0. The summed E-state index contributed by atoms with van der Waals surface area (Å²) in [6.07, 6.45) is -7.49. The fourth-order valence-corrected chi connectivity index (χ4v) is 1.31. The molecule has 7 heteroatoms. The van der Waals surface area contributed by atoms with E-state index in [-0.39, 0.29) is 0 Å². The van der Waals surface area contributed by atoms with Gasteiger partial charge < -0.3 is 29.9 Å². The van der Waals surface area contributed by atoms with Crippen molar-refractivity contribution in [2.45, 2.75) is 30.7 Å². The monoisotopic (exact) mass is 208 g/mol. The van der Waals surface area contributed by atoms with Crippen LogP contribution in [0.3, 0.4) is 0 Å². The van der Waals surface area contributed by atoms with E-state index >= 15 is 0 Å². The molecule has 0 aromatic rings. The molecule has 0 aromatic heterocycles. The van der Waals surface area contributed by atoms with E-state index in [1.54, 1.807) is 0 Å². The van der Waals surface area contributed by atoms with Crippen molar-refractivity contribution in [1.29, 1.82) is 0 Å². The van der Waals surface area contributed by atoms with Gasteiger partial charge in [-0.05, 0) is 0 Å². The van der Waals surface area contributed by atoms with Crippen LogP contribution in [0.25, 0.3) is 0 Å². The Balaban J connectivity index is 2.77. The lowest BCUT2D eigenvalue weighted by Gasteiger charge is -2.37. The summed E-state index contributed by atoms with van der Waals surface area (Å²) < 4.78 is 9.19. The van der Waals surface area contributed by atoms with Crippen molar-refractivity contribution >= 4 is 5.97 Å². The number of aliphatic carboxylic acids is 1. The van der Waals surface area contributed by atoms with Gasteiger partial charge in [0.15, 0.2) is 12.4 Å². The molecule has 0 amide bonds. The first kappa shape index (κ1) is 11.3. The molecule has 1 fully saturated rings. The van der Waals surface area contributed by atoms with Crippen LogP contribution in [0.2, 0.25) is 0 Å². The van der Waals surface area contributed by atoms with Gasteiger partial charge in [-0.15, -0.1) is 0 Å². The highest BCUT2D eigenvalue weighted by Crippen LogP contribution is 2.21. The number of rotatable bonds is 2. The SMILES string of the molecule is CO[C@@H]1[C@@H](O)[C@H](O)[C@@H](C(=O)O)O[C@H]1O. The molecule has 5 atom stereocenters. The molecule has 14 heavy (non-hydrogen) atoms. The molecule has 0 aromatic carbocycles. The Bertz CT molecular complexity index is 218. The molecular formula is C7H12O7. The molecule has 0 aliphatic carbocycles. The Labute approximate surface area is 79.5 Å². The van der Waals surface area contributed by atoms with Crippen molar-refractivity contribution in [2.75, 3.05) is 7.11 Å². The van der Waals surface area contributed by atoms with Gasteiger partial charge in [0.1, 0.15) is 18.3 Å². The first-order valence-electron chi connectivity index (χ1n) is 3.94. The van der Waals surface area contributed by atoms with Gasteiger partial charge in [-0.2, -0.15) is 0 Å². The standard InChI is InChI=1S/C7H12O7/c1-13-5-3(9)2(8)4(6(10)11)14-7(5)12/h2-5,7-9,12H,1H3,(H,10,11)/t2-,3-,4-,5+,7+/m0/s1. The number of methoxy groups -OCH3 is 1. The van der Waals surface area contributed by atoms with Gasteiger partial charge in [0.2, 0.25) is 0 Å². The molecule has 0 spiro atoms. The van der Waals surface area contributed by atoms with Crippen LogP contribution < -0.4 is 0 Å². The Morgan fingerprint density at radius 2 is 1.86 bits per heavy atom. The van der Waals surface area contributed by atoms with Gasteiger partial charge in [0.25, 0.3) is 0 Å². The summed E-state index contributed by atoms with van der Waals surface area (Å²) in [5.74, 6) is -1.45. The maximum atomic E-state index is 10.5. The molecule has 1 aliphatic heterocycles. The predicted molar refractivity (Wildman–Crippen MR) is 41.3 cm³/mol. The van der Waals surface area contributed by atoms with E-state index in [0.717, 1.165) is 0 Å². The van der Waals surface area contributed by atoms with Crippen molar-refractivity contribution in [1.82, 2.24) is 0 Å². The summed E-state index contributed by atoms with van der Waals surface area (Å²) in [4.78, 5) is 10.5. The summed E-state index contributed by atoms with van der Waals surface area (Å²) in [6.45, 7) is 0. The molecule has 7 nitrogen and oxygen atoms in total. The number of ether oxygens (including phenoxy) is 2. The molecule has 4 N–H and O–H groups in total. The number of carbonyl (C=O) groups is 1. The first-order valence-corrected chi connectivity index (χ1v) is 3.94. The largest absolute Gasteiger partial charge is 0.479 e. The van der Waals surface area contributed by atoms with Crippen molar-refractivity contribution in [3.8, 4) is 0 Å². The second-order valence-corrected chi connectivity index (χ2v) is 2.97. The third kappa shape index (κ3) is 1.86. The molecule has 1 saturated heterocycles. The summed E-state index contributed by atoms with van der Waals surface area (Å²) in [5, 5.41) is 36.4. The fraction of sp³-hybridized carbons (Fsp3) is 0.857. The minimum absolute atomic E-state index is 1.15. The number of aliphatic hydroxyl groups is 3. The number of hydrogen-bond donors (Lipinski definition) is 4. The highest BCUT2D eigenvalue weighted by Gasteiger charge is 2.47. The van der Waals surface area contributed by atoms with E-state index < -0.39 is 36.7 Å². The van der Waals surface area contributed by atoms with E-state index in [1.165, 1.54) is 7.11 Å². The predicted octanol–water partition coefficient (Wildman–Crippen LogP) is -2.47. The molecule has 0 saturated carbocycles. The minimum atomic E-state index is -1.65. The summed E-state index contributed by atoms with van der Waals surface area (Å²) in [6, 6.07) is 0. The topological polar surface area (TPSA) is 116 Å². The zero-order chi connectivity index (χ0) is 10.9. The lowest BCUT2D eigenvalue weighted by atomic mass is 9.99. The van der Waals surface area contributed by atoms with E-state index in [2.05, 4.69) is 9.47 Å². The molecule has 1 heterocycles. The summed E-state index contributed by atoms with van der Waals surface area (Å²) >= 11 is 0. The Morgan fingerprint density at radius 3 is 2.29 bits per heavy atom. The molecule has 82 valence electrons. The van der Waals surface area contributed by atoms with E-state index in [0.29, 0.717) is 0 Å². The molecule has 1 rings (SSSR count). The second kappa shape index (κ2) is 4.20. The molecule has 0 bridgehead atoms. The second-order valence-electron chi connectivity index (χ2n) is 2.97. The van der Waals surface area contributed by atoms with Crippen LogP contribution in [-0.4, -0.2) is 64.2 Å². The van der Waals surface area contributed by atoms with Crippen molar-refractivity contribution in [3.63, 3.8) is 0 Å². The van der Waals surface area contributed by atoms with Crippen molar-refractivity contribution in [3.05, 3.63) is 0 Å². The average molecular weight is 208 g/mol. The number of hydrogen-bond acceptors (Lipinski definition) is 6. The van der Waals surface area contributed by atoms with Gasteiger partial charge in [-0.3, -0.25) is 0 Å². The van der Waals surface area contributed by atoms with Crippen molar-refractivity contribution < 1.29 is 34.7 Å². The van der Waals surface area contributed by atoms with Gasteiger partial charge >= 0.3 is 5.97 Å². The van der Waals surface area contributed by atoms with Crippen LogP contribution in [0.15, 0.2) is 0 Å². The molecular weight excluding hydrogens is 196 g/mol. The van der Waals surface area contributed by atoms with Crippen LogP contribution >= 0.6 is 0 Å². The Morgan fingerprint density at radius 1 is 1.29 bits per heavy atom. The lowest BCUT2D eigenvalue weighted by Crippen LogP contribution is -2.60. The zero-order valence-corrected chi connectivity index (χ0v) is 7.40. The maximum Gasteiger partial charge on any atom is 0.335 e. The fourth-order valence-electron chi connectivity index (χ4n) is 1.31. The quantitative estimate of drug-likeness (QED) is 0.397. The Kier molecular flexibility index (Phi) is 3.40. The van der Waals surface area contributed by atoms with Gasteiger partial charge in [0, 0.05) is 7.11 Å². The van der Waals surface area contributed by atoms with Crippen LogP contribution in [0, 0.1) is 0 Å². The Hall–Kier alpha value is -0.730. The van der Waals surface area contributed by atoms with Gasteiger partial charge in [-0.25, -0.2) is 4.79 Å². The minimum Gasteiger partial charge on any atom is -0.479 e.